The molecular formula is C19H16BrCl2N3O3. The highest BCUT2D eigenvalue weighted by Gasteiger charge is 2.12. The summed E-state index contributed by atoms with van der Waals surface area (Å²) in [6, 6.07) is 12.6. The van der Waals surface area contributed by atoms with Gasteiger partial charge in [-0.25, -0.2) is 4.79 Å². The summed E-state index contributed by atoms with van der Waals surface area (Å²) in [6.45, 7) is 2.55. The Morgan fingerprint density at radius 1 is 1.21 bits per heavy atom. The van der Waals surface area contributed by atoms with Gasteiger partial charge < -0.3 is 9.84 Å². The van der Waals surface area contributed by atoms with Crippen molar-refractivity contribution in [2.75, 3.05) is 5.32 Å². The fraction of sp³-hybridized carbons (Fsp3) is 0.158. The Bertz CT molecular complexity index is 1020. The van der Waals surface area contributed by atoms with Crippen LogP contribution in [0.4, 0.5) is 10.6 Å². The summed E-state index contributed by atoms with van der Waals surface area (Å²) in [6.07, 6.45) is -1.16. The Morgan fingerprint density at radius 2 is 2.00 bits per heavy atom. The van der Waals surface area contributed by atoms with E-state index in [1.807, 2.05) is 31.2 Å². The van der Waals surface area contributed by atoms with Crippen LogP contribution in [-0.4, -0.2) is 21.0 Å². The normalized spacial score (nSPS) is 10.7. The van der Waals surface area contributed by atoms with Gasteiger partial charge in [0.1, 0.15) is 12.4 Å². The molecule has 0 fully saturated rings. The van der Waals surface area contributed by atoms with E-state index >= 15 is 0 Å². The predicted octanol–water partition coefficient (Wildman–Crippen LogP) is 5.98. The molecule has 28 heavy (non-hydrogen) atoms. The Labute approximate surface area is 180 Å². The number of amides is 1. The Morgan fingerprint density at radius 3 is 2.71 bits per heavy atom. The SMILES string of the molecule is Cc1cc(NC(=O)O)nn1Cc1cc(Br)ccc1OCc1ccc(Cl)cc1Cl. The third-order valence-electron chi connectivity index (χ3n) is 3.96. The quantitative estimate of drug-likeness (QED) is 0.451. The van der Waals surface area contributed by atoms with Crippen molar-refractivity contribution in [3.05, 3.63) is 73.8 Å². The summed E-state index contributed by atoms with van der Waals surface area (Å²) in [5, 5.41) is 16.5. The molecule has 1 heterocycles. The van der Waals surface area contributed by atoms with Crippen molar-refractivity contribution < 1.29 is 14.6 Å². The molecule has 2 aromatic carbocycles. The predicted molar refractivity (Wildman–Crippen MR) is 113 cm³/mol. The molecule has 2 N–H and O–H groups in total. The maximum Gasteiger partial charge on any atom is 0.410 e. The van der Waals surface area contributed by atoms with Gasteiger partial charge in [0.05, 0.1) is 6.54 Å². The van der Waals surface area contributed by atoms with E-state index in [0.29, 0.717) is 22.3 Å². The fourth-order valence-corrected chi connectivity index (χ4v) is 3.48. The molecule has 0 aliphatic rings. The van der Waals surface area contributed by atoms with Crippen molar-refractivity contribution in [3.63, 3.8) is 0 Å². The second-order valence-electron chi connectivity index (χ2n) is 6.04. The number of benzene rings is 2. The molecule has 0 unspecified atom stereocenters. The van der Waals surface area contributed by atoms with Gasteiger partial charge in [0.2, 0.25) is 0 Å². The number of nitrogens with one attached hydrogen (secondary N) is 1. The van der Waals surface area contributed by atoms with Crippen LogP contribution in [0.3, 0.4) is 0 Å². The van der Waals surface area contributed by atoms with Gasteiger partial charge in [-0.3, -0.25) is 10.00 Å². The largest absolute Gasteiger partial charge is 0.488 e. The molecular weight excluding hydrogens is 469 g/mol. The van der Waals surface area contributed by atoms with E-state index in [1.165, 1.54) is 0 Å². The van der Waals surface area contributed by atoms with Crippen LogP contribution in [0.2, 0.25) is 10.0 Å². The molecule has 3 aromatic rings. The third kappa shape index (κ3) is 5.19. The first-order chi connectivity index (χ1) is 13.3. The molecule has 146 valence electrons. The van der Waals surface area contributed by atoms with E-state index in [4.69, 9.17) is 33.0 Å². The molecule has 1 amide bonds. The monoisotopic (exact) mass is 483 g/mol. The first-order valence-electron chi connectivity index (χ1n) is 8.21. The number of aromatic nitrogens is 2. The number of carboxylic acid groups (broad SMARTS) is 1. The van der Waals surface area contributed by atoms with Gasteiger partial charge in [0.25, 0.3) is 0 Å². The summed E-state index contributed by atoms with van der Waals surface area (Å²) in [7, 11) is 0. The highest BCUT2D eigenvalue weighted by Crippen LogP contribution is 2.27. The molecule has 0 atom stereocenters. The lowest BCUT2D eigenvalue weighted by molar-refractivity contribution is 0.209. The zero-order valence-electron chi connectivity index (χ0n) is 14.7. The topological polar surface area (TPSA) is 76.4 Å². The van der Waals surface area contributed by atoms with Gasteiger partial charge in [-0.15, -0.1) is 0 Å². The van der Waals surface area contributed by atoms with Crippen LogP contribution in [0.5, 0.6) is 5.75 Å². The number of ether oxygens (including phenoxy) is 1. The minimum atomic E-state index is -1.16. The number of hydrogen-bond acceptors (Lipinski definition) is 3. The summed E-state index contributed by atoms with van der Waals surface area (Å²) in [5.41, 5.74) is 2.52. The molecule has 9 heteroatoms. The fourth-order valence-electron chi connectivity index (χ4n) is 2.61. The highest BCUT2D eigenvalue weighted by atomic mass is 79.9. The molecule has 0 spiro atoms. The van der Waals surface area contributed by atoms with Gasteiger partial charge >= 0.3 is 6.09 Å². The molecule has 0 aliphatic carbocycles. The highest BCUT2D eigenvalue weighted by molar-refractivity contribution is 9.10. The lowest BCUT2D eigenvalue weighted by Crippen LogP contribution is -2.10. The van der Waals surface area contributed by atoms with Crippen molar-refractivity contribution in [3.8, 4) is 5.75 Å². The van der Waals surface area contributed by atoms with E-state index in [9.17, 15) is 4.79 Å². The maximum atomic E-state index is 10.8. The third-order valence-corrected chi connectivity index (χ3v) is 5.04. The summed E-state index contributed by atoms with van der Waals surface area (Å²) < 4.78 is 8.58. The molecule has 0 radical (unpaired) electrons. The molecule has 1 aromatic heterocycles. The Balaban J connectivity index is 1.81. The lowest BCUT2D eigenvalue weighted by Gasteiger charge is -2.14. The maximum absolute atomic E-state index is 10.8. The number of carbonyl (C=O) groups is 1. The van der Waals surface area contributed by atoms with Crippen molar-refractivity contribution in [2.24, 2.45) is 0 Å². The zero-order valence-corrected chi connectivity index (χ0v) is 17.8. The zero-order chi connectivity index (χ0) is 20.3. The van der Waals surface area contributed by atoms with E-state index < -0.39 is 6.09 Å². The number of anilines is 1. The van der Waals surface area contributed by atoms with Crippen molar-refractivity contribution in [2.45, 2.75) is 20.1 Å². The van der Waals surface area contributed by atoms with Crippen LogP contribution < -0.4 is 10.1 Å². The van der Waals surface area contributed by atoms with E-state index in [-0.39, 0.29) is 12.4 Å². The molecule has 0 aliphatic heterocycles. The average molecular weight is 485 g/mol. The van der Waals surface area contributed by atoms with E-state index in [0.717, 1.165) is 21.3 Å². The average Bonchev–Trinajstić information content (AvgIpc) is 2.94. The van der Waals surface area contributed by atoms with Crippen LogP contribution in [0.1, 0.15) is 16.8 Å². The van der Waals surface area contributed by atoms with Crippen molar-refractivity contribution in [1.29, 1.82) is 0 Å². The summed E-state index contributed by atoms with van der Waals surface area (Å²) >= 11 is 15.6. The second-order valence-corrected chi connectivity index (χ2v) is 7.79. The van der Waals surface area contributed by atoms with Gasteiger partial charge in [0, 0.05) is 37.4 Å². The number of rotatable bonds is 6. The smallest absolute Gasteiger partial charge is 0.410 e. The first-order valence-corrected chi connectivity index (χ1v) is 9.76. The Hall–Kier alpha value is -2.22. The van der Waals surface area contributed by atoms with Gasteiger partial charge in [-0.1, -0.05) is 45.2 Å². The molecule has 0 bridgehead atoms. The van der Waals surface area contributed by atoms with Crippen LogP contribution in [-0.2, 0) is 13.2 Å². The minimum absolute atomic E-state index is 0.274. The number of hydrogen-bond donors (Lipinski definition) is 2. The minimum Gasteiger partial charge on any atom is -0.488 e. The van der Waals surface area contributed by atoms with Crippen LogP contribution >= 0.6 is 39.1 Å². The number of halogens is 3. The second kappa shape index (κ2) is 8.86. The van der Waals surface area contributed by atoms with Crippen molar-refractivity contribution in [1.82, 2.24) is 9.78 Å². The summed E-state index contributed by atoms with van der Waals surface area (Å²) in [4.78, 5) is 10.8. The van der Waals surface area contributed by atoms with Crippen LogP contribution in [0, 0.1) is 6.92 Å². The standard InChI is InChI=1S/C19H16BrCl2N3O3/c1-11-6-18(23-19(26)27)24-25(11)9-13-7-14(20)3-5-17(13)28-10-12-2-4-15(21)8-16(12)22/h2-8H,9-10H2,1H3,(H,23,24)(H,26,27). The van der Waals surface area contributed by atoms with E-state index in [2.05, 4.69) is 26.3 Å². The van der Waals surface area contributed by atoms with Crippen LogP contribution in [0.15, 0.2) is 46.9 Å². The number of nitrogens with zero attached hydrogens (tertiary/aromatic N) is 2. The Kier molecular flexibility index (Phi) is 6.49. The molecule has 3 rings (SSSR count). The molecule has 0 saturated heterocycles. The van der Waals surface area contributed by atoms with E-state index in [1.54, 1.807) is 22.9 Å². The van der Waals surface area contributed by atoms with Gasteiger partial charge in [0.15, 0.2) is 5.82 Å². The molecule has 0 saturated carbocycles. The summed E-state index contributed by atoms with van der Waals surface area (Å²) in [5.74, 6) is 0.951. The lowest BCUT2D eigenvalue weighted by atomic mass is 10.2. The van der Waals surface area contributed by atoms with Gasteiger partial charge in [-0.2, -0.15) is 5.10 Å². The van der Waals surface area contributed by atoms with Gasteiger partial charge in [-0.05, 0) is 37.3 Å². The van der Waals surface area contributed by atoms with Crippen molar-refractivity contribution >= 4 is 51.0 Å². The van der Waals surface area contributed by atoms with Crippen LogP contribution in [0.25, 0.3) is 0 Å². The molecule has 6 nitrogen and oxygen atoms in total. The first kappa shape index (κ1) is 20.5. The number of aryl methyl sites for hydroxylation is 1.